The van der Waals surface area contributed by atoms with Crippen molar-refractivity contribution in [1.29, 1.82) is 0 Å². The molecule has 1 aliphatic heterocycles. The summed E-state index contributed by atoms with van der Waals surface area (Å²) in [6.07, 6.45) is 4.25. The third-order valence-electron chi connectivity index (χ3n) is 7.14. The highest BCUT2D eigenvalue weighted by atomic mass is 19.1. The Bertz CT molecular complexity index is 1510. The molecular formula is C29H33F2N7O4. The fourth-order valence-electron chi connectivity index (χ4n) is 4.94. The van der Waals surface area contributed by atoms with Gasteiger partial charge in [0, 0.05) is 48.1 Å². The van der Waals surface area contributed by atoms with E-state index in [2.05, 4.69) is 35.7 Å². The maximum absolute atomic E-state index is 13.4. The van der Waals surface area contributed by atoms with Gasteiger partial charge in [0.25, 0.3) is 0 Å². The number of aliphatic hydroxyl groups is 1. The predicted octanol–water partition coefficient (Wildman–Crippen LogP) is 4.04. The fraction of sp³-hybridized carbons (Fsp3) is 0.379. The van der Waals surface area contributed by atoms with Crippen molar-refractivity contribution in [2.24, 2.45) is 5.92 Å². The molecule has 0 atom stereocenters. The maximum Gasteiger partial charge on any atom is 0.230 e. The van der Waals surface area contributed by atoms with Crippen LogP contribution in [0, 0.1) is 17.6 Å². The Balaban J connectivity index is 1.19. The molecule has 0 unspecified atom stereocenters. The van der Waals surface area contributed by atoms with Crippen LogP contribution in [0.1, 0.15) is 25.0 Å². The second kappa shape index (κ2) is 13.5. The van der Waals surface area contributed by atoms with Crippen LogP contribution in [-0.2, 0) is 11.2 Å². The average molecular weight is 582 g/mol. The van der Waals surface area contributed by atoms with E-state index < -0.39 is 17.5 Å². The zero-order valence-electron chi connectivity index (χ0n) is 23.2. The van der Waals surface area contributed by atoms with Crippen molar-refractivity contribution < 1.29 is 28.2 Å². The molecule has 4 N–H and O–H groups in total. The third-order valence-corrected chi connectivity index (χ3v) is 7.14. The number of likely N-dealkylation sites (tertiary alicyclic amines) is 1. The minimum Gasteiger partial charge on any atom is -0.493 e. The van der Waals surface area contributed by atoms with Crippen molar-refractivity contribution in [2.45, 2.75) is 25.7 Å². The van der Waals surface area contributed by atoms with Gasteiger partial charge < -0.3 is 30.1 Å². The molecule has 0 saturated carbocycles. The van der Waals surface area contributed by atoms with Gasteiger partial charge in [-0.05, 0) is 56.5 Å². The molecule has 2 aromatic heterocycles. The molecule has 1 fully saturated rings. The second-order valence-corrected chi connectivity index (χ2v) is 10.2. The summed E-state index contributed by atoms with van der Waals surface area (Å²) in [5.74, 6) is 0.409. The number of aromatic amines is 1. The molecule has 3 heterocycles. The number of fused-ring (bicyclic) bond motifs is 1. The van der Waals surface area contributed by atoms with E-state index in [0.717, 1.165) is 57.1 Å². The normalized spacial score (nSPS) is 14.2. The van der Waals surface area contributed by atoms with E-state index in [9.17, 15) is 18.7 Å². The summed E-state index contributed by atoms with van der Waals surface area (Å²) < 4.78 is 38.4. The van der Waals surface area contributed by atoms with Crippen molar-refractivity contribution in [1.82, 2.24) is 25.1 Å². The number of carbonyl (C=O) groups excluding carboxylic acids is 1. The molecule has 0 spiro atoms. The van der Waals surface area contributed by atoms with Crippen LogP contribution in [0.5, 0.6) is 11.5 Å². The SMILES string of the molecule is COc1cc2c(Nc3cc(CC(=O)Nc4cc(F)cc(F)c4)[nH]n3)ncnc2cc1OCCCN1CCC(CO)CC1. The molecule has 0 radical (unpaired) electrons. The van der Waals surface area contributed by atoms with Crippen LogP contribution in [0.2, 0.25) is 0 Å². The predicted molar refractivity (Wildman–Crippen MR) is 153 cm³/mol. The summed E-state index contributed by atoms with van der Waals surface area (Å²) >= 11 is 0. The van der Waals surface area contributed by atoms with Gasteiger partial charge in [-0.3, -0.25) is 9.89 Å². The fourth-order valence-corrected chi connectivity index (χ4v) is 4.94. The third kappa shape index (κ3) is 7.47. The van der Waals surface area contributed by atoms with E-state index in [-0.39, 0.29) is 18.7 Å². The highest BCUT2D eigenvalue weighted by Crippen LogP contribution is 2.34. The molecule has 0 bridgehead atoms. The lowest BCUT2D eigenvalue weighted by atomic mass is 9.98. The Morgan fingerprint density at radius 1 is 1.10 bits per heavy atom. The van der Waals surface area contributed by atoms with Gasteiger partial charge in [-0.15, -0.1) is 0 Å². The number of hydrogen-bond donors (Lipinski definition) is 4. The molecule has 2 aromatic carbocycles. The minimum atomic E-state index is -0.781. The van der Waals surface area contributed by atoms with Gasteiger partial charge in [-0.2, -0.15) is 5.10 Å². The molecule has 222 valence electrons. The van der Waals surface area contributed by atoms with Crippen molar-refractivity contribution in [2.75, 3.05) is 50.6 Å². The van der Waals surface area contributed by atoms with Crippen LogP contribution in [-0.4, -0.2) is 76.0 Å². The lowest BCUT2D eigenvalue weighted by Crippen LogP contribution is -2.35. The molecule has 1 aliphatic rings. The van der Waals surface area contributed by atoms with Gasteiger partial charge in [-0.1, -0.05) is 0 Å². The molecule has 11 nitrogen and oxygen atoms in total. The van der Waals surface area contributed by atoms with Gasteiger partial charge >= 0.3 is 0 Å². The van der Waals surface area contributed by atoms with E-state index >= 15 is 0 Å². The number of H-pyrrole nitrogens is 1. The molecule has 5 rings (SSSR count). The van der Waals surface area contributed by atoms with Crippen molar-refractivity contribution in [3.63, 3.8) is 0 Å². The maximum atomic E-state index is 13.4. The number of nitrogens with zero attached hydrogens (tertiary/aromatic N) is 4. The molecule has 1 saturated heterocycles. The number of benzene rings is 2. The number of methoxy groups -OCH3 is 1. The highest BCUT2D eigenvalue weighted by molar-refractivity contribution is 5.93. The van der Waals surface area contributed by atoms with E-state index in [1.54, 1.807) is 19.2 Å². The Morgan fingerprint density at radius 2 is 1.88 bits per heavy atom. The topological polar surface area (TPSA) is 138 Å². The number of carbonyl (C=O) groups is 1. The highest BCUT2D eigenvalue weighted by Gasteiger charge is 2.18. The second-order valence-electron chi connectivity index (χ2n) is 10.2. The Labute approximate surface area is 241 Å². The number of piperidine rings is 1. The summed E-state index contributed by atoms with van der Waals surface area (Å²) in [5.41, 5.74) is 1.15. The van der Waals surface area contributed by atoms with Crippen LogP contribution in [0.4, 0.5) is 26.1 Å². The molecule has 42 heavy (non-hydrogen) atoms. The number of nitrogens with one attached hydrogen (secondary N) is 3. The molecule has 13 heteroatoms. The smallest absolute Gasteiger partial charge is 0.230 e. The van der Waals surface area contributed by atoms with E-state index in [1.807, 2.05) is 6.07 Å². The van der Waals surface area contributed by atoms with E-state index in [4.69, 9.17) is 9.47 Å². The van der Waals surface area contributed by atoms with E-state index in [0.29, 0.717) is 52.3 Å². The molecular weight excluding hydrogens is 548 g/mol. The zero-order chi connectivity index (χ0) is 29.5. The van der Waals surface area contributed by atoms with Gasteiger partial charge in [0.2, 0.25) is 5.91 Å². The zero-order valence-corrected chi connectivity index (χ0v) is 23.2. The van der Waals surface area contributed by atoms with Crippen molar-refractivity contribution in [3.05, 3.63) is 60.1 Å². The van der Waals surface area contributed by atoms with Crippen LogP contribution < -0.4 is 20.1 Å². The Morgan fingerprint density at radius 3 is 2.62 bits per heavy atom. The van der Waals surface area contributed by atoms with Crippen LogP contribution in [0.15, 0.2) is 42.7 Å². The van der Waals surface area contributed by atoms with Gasteiger partial charge in [-0.25, -0.2) is 18.7 Å². The van der Waals surface area contributed by atoms with Gasteiger partial charge in [0.1, 0.15) is 23.8 Å². The minimum absolute atomic E-state index is 0.0269. The number of aromatic nitrogens is 4. The van der Waals surface area contributed by atoms with Crippen LogP contribution in [0.3, 0.4) is 0 Å². The standard InChI is InChI=1S/C29H33F2N7O4/c1-41-25-14-23-24(15-26(25)42-8-2-5-38-6-3-18(16-39)4-7-38)32-17-33-29(23)35-27-12-22(36-37-27)13-28(40)34-21-10-19(30)9-20(31)11-21/h9-12,14-15,17-18,39H,2-8,13,16H2,1H3,(H,34,40)(H2,32,33,35,36,37). The first-order chi connectivity index (χ1) is 20.4. The van der Waals surface area contributed by atoms with Crippen molar-refractivity contribution in [3.8, 4) is 11.5 Å². The number of hydrogen-bond acceptors (Lipinski definition) is 9. The lowest BCUT2D eigenvalue weighted by Gasteiger charge is -2.30. The Hall–Kier alpha value is -4.36. The van der Waals surface area contributed by atoms with Gasteiger partial charge in [0.15, 0.2) is 17.3 Å². The monoisotopic (exact) mass is 581 g/mol. The summed E-state index contributed by atoms with van der Waals surface area (Å²) in [5, 5.41) is 22.6. The summed E-state index contributed by atoms with van der Waals surface area (Å²) in [4.78, 5) is 23.5. The van der Waals surface area contributed by atoms with E-state index in [1.165, 1.54) is 6.33 Å². The summed E-state index contributed by atoms with van der Waals surface area (Å²) in [6, 6.07) is 8.05. The molecule has 1 amide bonds. The number of halogens is 2. The van der Waals surface area contributed by atoms with Crippen LogP contribution >= 0.6 is 0 Å². The molecule has 4 aromatic rings. The number of amides is 1. The number of aliphatic hydroxyl groups excluding tert-OH is 1. The average Bonchev–Trinajstić information content (AvgIpc) is 3.41. The van der Waals surface area contributed by atoms with Gasteiger partial charge in [0.05, 0.1) is 25.7 Å². The first-order valence-corrected chi connectivity index (χ1v) is 13.8. The lowest BCUT2D eigenvalue weighted by molar-refractivity contribution is -0.115. The summed E-state index contributed by atoms with van der Waals surface area (Å²) in [6.45, 7) is 3.72. The number of anilines is 3. The largest absolute Gasteiger partial charge is 0.493 e. The number of ether oxygens (including phenoxy) is 2. The summed E-state index contributed by atoms with van der Waals surface area (Å²) in [7, 11) is 1.57. The van der Waals surface area contributed by atoms with Crippen LogP contribution in [0.25, 0.3) is 10.9 Å². The quantitative estimate of drug-likeness (QED) is 0.183. The molecule has 0 aliphatic carbocycles. The first kappa shape index (κ1) is 29.1. The first-order valence-electron chi connectivity index (χ1n) is 13.8. The number of rotatable bonds is 12. The Kier molecular flexibility index (Phi) is 9.39. The van der Waals surface area contributed by atoms with Crippen molar-refractivity contribution >= 4 is 34.1 Å².